The fraction of sp³-hybridized carbons (Fsp3) is 0.261. The largest absolute Gasteiger partial charge is 0.493 e. The van der Waals surface area contributed by atoms with E-state index in [0.717, 1.165) is 32.2 Å². The van der Waals surface area contributed by atoms with Crippen molar-refractivity contribution in [3.8, 4) is 10.9 Å². The number of rotatable bonds is 5. The number of fused-ring (bicyclic) bond motifs is 2. The van der Waals surface area contributed by atoms with Crippen LogP contribution in [-0.4, -0.2) is 27.3 Å². The van der Waals surface area contributed by atoms with Gasteiger partial charge in [0.1, 0.15) is 11.6 Å². The van der Waals surface area contributed by atoms with Crippen LogP contribution in [0.2, 0.25) is 0 Å². The van der Waals surface area contributed by atoms with Crippen LogP contribution in [0.5, 0.6) is 5.75 Å². The van der Waals surface area contributed by atoms with E-state index in [4.69, 9.17) is 4.74 Å². The molecule has 1 aliphatic heterocycles. The molecular weight excluding hydrogens is 396 g/mol. The molecule has 1 N–H and O–H groups in total. The highest BCUT2D eigenvalue weighted by molar-refractivity contribution is 7.20. The number of anilines is 1. The van der Waals surface area contributed by atoms with Gasteiger partial charge in [-0.1, -0.05) is 49.4 Å². The highest BCUT2D eigenvalue weighted by Crippen LogP contribution is 2.39. The lowest BCUT2D eigenvalue weighted by Gasteiger charge is -2.23. The zero-order valence-corrected chi connectivity index (χ0v) is 17.6. The molecule has 5 rings (SSSR count). The molecule has 0 saturated heterocycles. The van der Waals surface area contributed by atoms with E-state index < -0.39 is 0 Å². The van der Waals surface area contributed by atoms with Crippen LogP contribution in [0, 0.1) is 5.92 Å². The van der Waals surface area contributed by atoms with Crippen molar-refractivity contribution < 1.29 is 9.53 Å². The van der Waals surface area contributed by atoms with Crippen LogP contribution in [0.1, 0.15) is 37.3 Å². The van der Waals surface area contributed by atoms with Crippen LogP contribution >= 0.6 is 11.3 Å². The fourth-order valence-electron chi connectivity index (χ4n) is 3.67. The number of benzene rings is 2. The van der Waals surface area contributed by atoms with Crippen LogP contribution in [-0.2, 0) is 4.79 Å². The number of nitrogens with zero attached hydrogens (tertiary/aromatic N) is 3. The second kappa shape index (κ2) is 7.57. The van der Waals surface area contributed by atoms with Gasteiger partial charge in [-0.05, 0) is 35.7 Å². The molecule has 0 radical (unpaired) electrons. The number of thiazole rings is 1. The number of aromatic nitrogens is 3. The molecule has 152 valence electrons. The van der Waals surface area contributed by atoms with Gasteiger partial charge < -0.3 is 10.1 Å². The number of hydrogen-bond acceptors (Lipinski definition) is 5. The van der Waals surface area contributed by atoms with Crippen molar-refractivity contribution >= 4 is 33.3 Å². The lowest BCUT2D eigenvalue weighted by Crippen LogP contribution is -2.24. The van der Waals surface area contributed by atoms with E-state index >= 15 is 0 Å². The van der Waals surface area contributed by atoms with Crippen molar-refractivity contribution in [1.29, 1.82) is 0 Å². The molecule has 30 heavy (non-hydrogen) atoms. The van der Waals surface area contributed by atoms with E-state index in [2.05, 4.69) is 29.2 Å². The monoisotopic (exact) mass is 418 g/mol. The van der Waals surface area contributed by atoms with Gasteiger partial charge in [-0.2, -0.15) is 9.78 Å². The summed E-state index contributed by atoms with van der Waals surface area (Å²) >= 11 is 1.56. The molecule has 2 aromatic carbocycles. The number of ether oxygens (including phenoxy) is 1. The van der Waals surface area contributed by atoms with Crippen molar-refractivity contribution in [1.82, 2.24) is 14.8 Å². The van der Waals surface area contributed by atoms with Crippen molar-refractivity contribution in [2.24, 2.45) is 5.92 Å². The molecular formula is C23H22N4O2S. The number of nitrogens with one attached hydrogen (secondary N) is 1. The summed E-state index contributed by atoms with van der Waals surface area (Å²) in [4.78, 5) is 17.2. The van der Waals surface area contributed by atoms with Crippen LogP contribution in [0.25, 0.3) is 15.3 Å². The third-order valence-electron chi connectivity index (χ3n) is 5.15. The van der Waals surface area contributed by atoms with Crippen LogP contribution in [0.4, 0.5) is 5.82 Å². The molecule has 1 unspecified atom stereocenters. The van der Waals surface area contributed by atoms with E-state index in [1.54, 1.807) is 16.0 Å². The van der Waals surface area contributed by atoms with Gasteiger partial charge in [-0.15, -0.1) is 0 Å². The summed E-state index contributed by atoms with van der Waals surface area (Å²) in [5.41, 5.74) is 3.01. The van der Waals surface area contributed by atoms with Crippen LogP contribution in [0.15, 0.2) is 54.7 Å². The van der Waals surface area contributed by atoms with E-state index in [9.17, 15) is 4.79 Å². The SMILES string of the molecule is CC(C)COc1ccc(C2CC(=O)Nc3c2cnn3-c2nc3ccccc3s2)cc1. The topological polar surface area (TPSA) is 69.0 Å². The predicted octanol–water partition coefficient (Wildman–Crippen LogP) is 4.99. The Labute approximate surface area is 178 Å². The summed E-state index contributed by atoms with van der Waals surface area (Å²) in [6.45, 7) is 4.93. The molecule has 3 heterocycles. The first kappa shape index (κ1) is 18.8. The van der Waals surface area contributed by atoms with Crippen molar-refractivity contribution in [2.45, 2.75) is 26.2 Å². The Balaban J connectivity index is 1.48. The highest BCUT2D eigenvalue weighted by Gasteiger charge is 2.31. The summed E-state index contributed by atoms with van der Waals surface area (Å²) in [6, 6.07) is 16.0. The maximum absolute atomic E-state index is 12.5. The first-order valence-corrected chi connectivity index (χ1v) is 10.9. The predicted molar refractivity (Wildman–Crippen MR) is 119 cm³/mol. The maximum Gasteiger partial charge on any atom is 0.226 e. The second-order valence-corrected chi connectivity index (χ2v) is 8.91. The van der Waals surface area contributed by atoms with Crippen LogP contribution < -0.4 is 10.1 Å². The third-order valence-corrected chi connectivity index (χ3v) is 6.16. The molecule has 1 atom stereocenters. The normalized spacial score (nSPS) is 16.0. The number of hydrogen-bond donors (Lipinski definition) is 1. The Bertz CT molecular complexity index is 1180. The van der Waals surface area contributed by atoms with Crippen molar-refractivity contribution in [3.05, 3.63) is 65.9 Å². The van der Waals surface area contributed by atoms with Gasteiger partial charge in [0.25, 0.3) is 0 Å². The fourth-order valence-corrected chi connectivity index (χ4v) is 4.60. The average molecular weight is 419 g/mol. The Kier molecular flexibility index (Phi) is 4.75. The molecule has 0 fully saturated rings. The molecule has 0 spiro atoms. The minimum absolute atomic E-state index is 0.0181. The molecule has 4 aromatic rings. The van der Waals surface area contributed by atoms with E-state index in [-0.39, 0.29) is 11.8 Å². The third kappa shape index (κ3) is 3.45. The minimum atomic E-state index is -0.0453. The molecule has 1 aliphatic rings. The number of carbonyl (C=O) groups excluding carboxylic acids is 1. The summed E-state index contributed by atoms with van der Waals surface area (Å²) in [5.74, 6) is 1.96. The lowest BCUT2D eigenvalue weighted by atomic mass is 9.87. The molecule has 6 nitrogen and oxygen atoms in total. The smallest absolute Gasteiger partial charge is 0.226 e. The summed E-state index contributed by atoms with van der Waals surface area (Å²) < 4.78 is 8.62. The van der Waals surface area contributed by atoms with Gasteiger partial charge in [0.2, 0.25) is 11.0 Å². The molecule has 0 bridgehead atoms. The number of para-hydroxylation sites is 1. The van der Waals surface area contributed by atoms with Crippen molar-refractivity contribution in [2.75, 3.05) is 11.9 Å². The first-order chi connectivity index (χ1) is 14.6. The summed E-state index contributed by atoms with van der Waals surface area (Å²) in [6.07, 6.45) is 2.24. The van der Waals surface area contributed by atoms with Gasteiger partial charge in [0.05, 0.1) is 23.0 Å². The van der Waals surface area contributed by atoms with Gasteiger partial charge in [0, 0.05) is 17.9 Å². The molecule has 1 amide bonds. The number of carbonyl (C=O) groups is 1. The van der Waals surface area contributed by atoms with E-state index in [1.165, 1.54) is 0 Å². The number of amides is 1. The standard InChI is InChI=1S/C23H22N4O2S/c1-14(2)13-29-16-9-7-15(8-10-16)17-11-21(28)26-22-18(17)12-24-27(22)23-25-19-5-3-4-6-20(19)30-23/h3-10,12,14,17H,11,13H2,1-2H3,(H,26,28). The lowest BCUT2D eigenvalue weighted by molar-refractivity contribution is -0.116. The van der Waals surface area contributed by atoms with Gasteiger partial charge in [-0.25, -0.2) is 4.98 Å². The van der Waals surface area contributed by atoms with Gasteiger partial charge in [-0.3, -0.25) is 4.79 Å². The second-order valence-electron chi connectivity index (χ2n) is 7.90. The van der Waals surface area contributed by atoms with Gasteiger partial charge >= 0.3 is 0 Å². The minimum Gasteiger partial charge on any atom is -0.493 e. The molecule has 0 saturated carbocycles. The Morgan fingerprint density at radius 1 is 1.20 bits per heavy atom. The molecule has 0 aliphatic carbocycles. The van der Waals surface area contributed by atoms with E-state index in [0.29, 0.717) is 24.8 Å². The van der Waals surface area contributed by atoms with E-state index in [1.807, 2.05) is 54.7 Å². The van der Waals surface area contributed by atoms with Gasteiger partial charge in [0.15, 0.2) is 0 Å². The Morgan fingerprint density at radius 3 is 2.77 bits per heavy atom. The Morgan fingerprint density at radius 2 is 2.00 bits per heavy atom. The summed E-state index contributed by atoms with van der Waals surface area (Å²) in [7, 11) is 0. The average Bonchev–Trinajstić information content (AvgIpc) is 3.35. The molecule has 7 heteroatoms. The first-order valence-electron chi connectivity index (χ1n) is 10.0. The maximum atomic E-state index is 12.5. The van der Waals surface area contributed by atoms with Crippen molar-refractivity contribution in [3.63, 3.8) is 0 Å². The quantitative estimate of drug-likeness (QED) is 0.496. The Hall–Kier alpha value is -3.19. The zero-order valence-electron chi connectivity index (χ0n) is 16.8. The van der Waals surface area contributed by atoms with Crippen LogP contribution in [0.3, 0.4) is 0 Å². The zero-order chi connectivity index (χ0) is 20.7. The molecule has 2 aromatic heterocycles. The summed E-state index contributed by atoms with van der Waals surface area (Å²) in [5, 5.41) is 8.31. The highest BCUT2D eigenvalue weighted by atomic mass is 32.1.